The Balaban J connectivity index is 1.57. The molecule has 19 heavy (non-hydrogen) atoms. The second-order valence-corrected chi connectivity index (χ2v) is 5.22. The Bertz CT molecular complexity index is 457. The second kappa shape index (κ2) is 5.61. The van der Waals surface area contributed by atoms with Gasteiger partial charge in [-0.05, 0) is 37.9 Å². The van der Waals surface area contributed by atoms with Gasteiger partial charge in [0.15, 0.2) is 0 Å². The van der Waals surface area contributed by atoms with E-state index in [1.165, 1.54) is 12.8 Å². The van der Waals surface area contributed by atoms with Crippen LogP contribution in [0.1, 0.15) is 29.6 Å². The van der Waals surface area contributed by atoms with E-state index >= 15 is 0 Å². The molecule has 1 fully saturated rings. The molecule has 0 aromatic heterocycles. The summed E-state index contributed by atoms with van der Waals surface area (Å²) >= 11 is 0. The number of benzene rings is 1. The number of hydrogen-bond donors (Lipinski definition) is 1. The van der Waals surface area contributed by atoms with Gasteiger partial charge in [0.2, 0.25) is 0 Å². The first-order valence-corrected chi connectivity index (χ1v) is 7.09. The van der Waals surface area contributed by atoms with Crippen LogP contribution in [0.2, 0.25) is 0 Å². The van der Waals surface area contributed by atoms with Crippen molar-refractivity contribution in [2.75, 3.05) is 26.2 Å². The number of rotatable bonds is 5. The first-order valence-electron chi connectivity index (χ1n) is 7.09. The van der Waals surface area contributed by atoms with Crippen molar-refractivity contribution >= 4 is 5.91 Å². The third-order valence-corrected chi connectivity index (χ3v) is 3.64. The molecule has 0 bridgehead atoms. The van der Waals surface area contributed by atoms with Crippen molar-refractivity contribution in [2.45, 2.75) is 25.3 Å². The van der Waals surface area contributed by atoms with Crippen LogP contribution in [-0.2, 0) is 0 Å². The van der Waals surface area contributed by atoms with Gasteiger partial charge in [-0.2, -0.15) is 0 Å². The lowest BCUT2D eigenvalue weighted by Crippen LogP contribution is -2.34. The normalized spacial score (nSPS) is 18.7. The quantitative estimate of drug-likeness (QED) is 0.819. The van der Waals surface area contributed by atoms with E-state index in [0.717, 1.165) is 25.6 Å². The maximum atomic E-state index is 12.4. The molecule has 1 saturated carbocycles. The summed E-state index contributed by atoms with van der Waals surface area (Å²) in [7, 11) is 0. The number of amides is 1. The Kier molecular flexibility index (Phi) is 3.69. The summed E-state index contributed by atoms with van der Waals surface area (Å²) in [5.74, 6) is 0.811. The van der Waals surface area contributed by atoms with Gasteiger partial charge in [0.05, 0.1) is 12.1 Å². The number of carbonyl (C=O) groups excluding carboxylic acids is 1. The van der Waals surface area contributed by atoms with Gasteiger partial charge < -0.3 is 15.0 Å². The van der Waals surface area contributed by atoms with Crippen molar-refractivity contribution in [2.24, 2.45) is 0 Å². The number of nitrogens with one attached hydrogen (secondary N) is 1. The number of carbonyl (C=O) groups is 1. The van der Waals surface area contributed by atoms with E-state index < -0.39 is 0 Å². The predicted octanol–water partition coefficient (Wildman–Crippen LogP) is 1.66. The van der Waals surface area contributed by atoms with E-state index in [1.807, 2.05) is 29.2 Å². The molecule has 3 rings (SSSR count). The average Bonchev–Trinajstić information content (AvgIpc) is 3.25. The number of ether oxygens (including phenoxy) is 1. The lowest BCUT2D eigenvalue weighted by molar-refractivity contribution is 0.0754. The molecule has 1 aromatic rings. The molecule has 102 valence electrons. The fourth-order valence-electron chi connectivity index (χ4n) is 2.38. The Morgan fingerprint density at radius 2 is 2.16 bits per heavy atom. The Morgan fingerprint density at radius 3 is 3.00 bits per heavy atom. The average molecular weight is 260 g/mol. The Morgan fingerprint density at radius 1 is 1.32 bits per heavy atom. The van der Waals surface area contributed by atoms with Gasteiger partial charge in [-0.15, -0.1) is 0 Å². The zero-order chi connectivity index (χ0) is 13.1. The Hall–Kier alpha value is -1.55. The number of fused-ring (bicyclic) bond motifs is 1. The minimum Gasteiger partial charge on any atom is -0.491 e. The predicted molar refractivity (Wildman–Crippen MR) is 73.5 cm³/mol. The van der Waals surface area contributed by atoms with E-state index in [4.69, 9.17) is 4.74 Å². The van der Waals surface area contributed by atoms with Crippen LogP contribution in [0.25, 0.3) is 0 Å². The first kappa shape index (κ1) is 12.5. The number of nitrogens with zero attached hydrogens (tertiary/aromatic N) is 1. The minimum atomic E-state index is 0.0968. The van der Waals surface area contributed by atoms with E-state index in [2.05, 4.69) is 5.32 Å². The van der Waals surface area contributed by atoms with Gasteiger partial charge in [-0.3, -0.25) is 4.79 Å². The SMILES string of the molecule is O=C1c2ccccc2OCCN1CCCNC1CC1. The van der Waals surface area contributed by atoms with Crippen molar-refractivity contribution in [3.05, 3.63) is 29.8 Å². The highest BCUT2D eigenvalue weighted by Gasteiger charge is 2.23. The zero-order valence-electron chi connectivity index (χ0n) is 11.1. The lowest BCUT2D eigenvalue weighted by Gasteiger charge is -2.19. The fraction of sp³-hybridized carbons (Fsp3) is 0.533. The third kappa shape index (κ3) is 3.07. The van der Waals surface area contributed by atoms with Crippen molar-refractivity contribution < 1.29 is 9.53 Å². The highest BCUT2D eigenvalue weighted by atomic mass is 16.5. The van der Waals surface area contributed by atoms with Gasteiger partial charge >= 0.3 is 0 Å². The molecule has 0 spiro atoms. The minimum absolute atomic E-state index is 0.0968. The molecule has 1 aliphatic heterocycles. The molecule has 1 aromatic carbocycles. The molecule has 4 heteroatoms. The van der Waals surface area contributed by atoms with Crippen molar-refractivity contribution in [3.63, 3.8) is 0 Å². The molecule has 0 atom stereocenters. The van der Waals surface area contributed by atoms with Crippen LogP contribution in [-0.4, -0.2) is 43.1 Å². The molecular weight excluding hydrogens is 240 g/mol. The molecule has 1 aliphatic carbocycles. The summed E-state index contributed by atoms with van der Waals surface area (Å²) < 4.78 is 5.63. The summed E-state index contributed by atoms with van der Waals surface area (Å²) in [6.45, 7) is 3.06. The van der Waals surface area contributed by atoms with E-state index in [1.54, 1.807) is 0 Å². The fourth-order valence-corrected chi connectivity index (χ4v) is 2.38. The van der Waals surface area contributed by atoms with Crippen LogP contribution in [0.5, 0.6) is 5.75 Å². The van der Waals surface area contributed by atoms with Crippen molar-refractivity contribution in [1.29, 1.82) is 0 Å². The Labute approximate surface area is 113 Å². The van der Waals surface area contributed by atoms with Crippen LogP contribution in [0.4, 0.5) is 0 Å². The van der Waals surface area contributed by atoms with Gasteiger partial charge in [0.1, 0.15) is 12.4 Å². The zero-order valence-corrected chi connectivity index (χ0v) is 11.1. The molecule has 0 saturated heterocycles. The number of para-hydroxylation sites is 1. The maximum Gasteiger partial charge on any atom is 0.257 e. The molecule has 1 amide bonds. The summed E-state index contributed by atoms with van der Waals surface area (Å²) in [4.78, 5) is 14.3. The summed E-state index contributed by atoms with van der Waals surface area (Å²) in [6, 6.07) is 8.24. The number of hydrogen-bond acceptors (Lipinski definition) is 3. The van der Waals surface area contributed by atoms with E-state index in [-0.39, 0.29) is 5.91 Å². The van der Waals surface area contributed by atoms with Gasteiger partial charge in [-0.25, -0.2) is 0 Å². The smallest absolute Gasteiger partial charge is 0.257 e. The summed E-state index contributed by atoms with van der Waals surface area (Å²) in [6.07, 6.45) is 3.62. The molecule has 1 heterocycles. The standard InChI is InChI=1S/C15H20N2O2/c18-15-13-4-1-2-5-14(13)19-11-10-17(15)9-3-8-16-12-6-7-12/h1-2,4-5,12,16H,3,6-11H2. The van der Waals surface area contributed by atoms with Crippen LogP contribution < -0.4 is 10.1 Å². The summed E-state index contributed by atoms with van der Waals surface area (Å²) in [5, 5.41) is 3.48. The topological polar surface area (TPSA) is 41.6 Å². The maximum absolute atomic E-state index is 12.4. The molecule has 4 nitrogen and oxygen atoms in total. The largest absolute Gasteiger partial charge is 0.491 e. The molecule has 0 unspecified atom stereocenters. The van der Waals surface area contributed by atoms with Crippen LogP contribution >= 0.6 is 0 Å². The second-order valence-electron chi connectivity index (χ2n) is 5.22. The molecule has 1 N–H and O–H groups in total. The van der Waals surface area contributed by atoms with Crippen molar-refractivity contribution in [1.82, 2.24) is 10.2 Å². The monoisotopic (exact) mass is 260 g/mol. The van der Waals surface area contributed by atoms with Gasteiger partial charge in [0, 0.05) is 12.6 Å². The first-order chi connectivity index (χ1) is 9.34. The lowest BCUT2D eigenvalue weighted by atomic mass is 10.2. The highest BCUT2D eigenvalue weighted by Crippen LogP contribution is 2.22. The molecular formula is C15H20N2O2. The highest BCUT2D eigenvalue weighted by molar-refractivity contribution is 5.97. The van der Waals surface area contributed by atoms with Crippen LogP contribution in [0, 0.1) is 0 Å². The van der Waals surface area contributed by atoms with Gasteiger partial charge in [0.25, 0.3) is 5.91 Å². The molecule has 2 aliphatic rings. The van der Waals surface area contributed by atoms with Crippen molar-refractivity contribution in [3.8, 4) is 5.75 Å². The van der Waals surface area contributed by atoms with Gasteiger partial charge in [-0.1, -0.05) is 12.1 Å². The van der Waals surface area contributed by atoms with Crippen LogP contribution in [0.15, 0.2) is 24.3 Å². The summed E-state index contributed by atoms with van der Waals surface area (Å²) in [5.41, 5.74) is 0.690. The third-order valence-electron chi connectivity index (χ3n) is 3.64. The van der Waals surface area contributed by atoms with E-state index in [9.17, 15) is 4.79 Å². The van der Waals surface area contributed by atoms with E-state index in [0.29, 0.717) is 24.5 Å². The molecule has 0 radical (unpaired) electrons. The van der Waals surface area contributed by atoms with Crippen LogP contribution in [0.3, 0.4) is 0 Å².